The third kappa shape index (κ3) is 73.6. The highest BCUT2D eigenvalue weighted by Crippen LogP contribution is 2.00. The molecule has 0 spiro atoms. The molecule has 0 saturated carbocycles. The molecule has 18 nitrogen and oxygen atoms in total. The Bertz CT molecular complexity index is 1160. The highest BCUT2D eigenvalue weighted by atomic mass is 16.6. The lowest BCUT2D eigenvalue weighted by atomic mass is 10.3. The molecule has 67 heavy (non-hydrogen) atoms. The summed E-state index contributed by atoms with van der Waals surface area (Å²) < 4.78 is 69.7. The standard InChI is InChI=1S/C10H16O5.C9H16O4.C9H16O3.C8H16O2.C7H14O3.C6H12O/c1-4-5-13-6-10(15-9(3)12)7-14-8(2)11;1-4-5-12-7-9(6-11-3)13-8(2)10;1-4-6-11-9(5-2)7-12-8(3)10;1-4-6-10-8(5-2)7-9-3;1-4-10-6-7(9-3)5-8-2;1-4-5-7-6(2)3/h4,10H,1,5-7H2,2-3H3;4,9H,1,5-7H2,2-3H3;4,9H,1,5-7H2,2-3H3;4,8H,1,5-7H2,2-3H3;4,7H,1,5-6H2,2-3H3;4,6H,1,5H2,2-3H3. The first-order valence-corrected chi connectivity index (χ1v) is 21.8. The van der Waals surface area contributed by atoms with Crippen LogP contribution in [0.25, 0.3) is 0 Å². The summed E-state index contributed by atoms with van der Waals surface area (Å²) in [5.41, 5.74) is 0. The fraction of sp³-hybridized carbons (Fsp3) is 0.673. The molecular weight excluding hydrogens is 877 g/mol. The van der Waals surface area contributed by atoms with Crippen molar-refractivity contribution in [1.29, 1.82) is 0 Å². The SMILES string of the molecule is C=CCOC(C)C.C=CCOC(CC)COC.C=CCOC(CC)COC(C)=O.C=CCOCC(COC(C)=O)OC(C)=O.C=CCOCC(COC)OC(C)=O.C=COCC(COC)OC. The van der Waals surface area contributed by atoms with Crippen molar-refractivity contribution in [2.45, 2.75) is 105 Å². The highest BCUT2D eigenvalue weighted by Gasteiger charge is 2.14. The Morgan fingerprint density at radius 1 is 0.433 bits per heavy atom. The molecular formula is C49H90O18. The van der Waals surface area contributed by atoms with E-state index in [9.17, 15) is 19.2 Å². The minimum atomic E-state index is -0.564. The lowest BCUT2D eigenvalue weighted by Crippen LogP contribution is -2.28. The van der Waals surface area contributed by atoms with Crippen LogP contribution >= 0.6 is 0 Å². The Morgan fingerprint density at radius 2 is 0.776 bits per heavy atom. The normalized spacial score (nSPS) is 12.0. The zero-order chi connectivity index (χ0) is 52.5. The number of rotatable bonds is 35. The number of carbonyl (C=O) groups excluding carboxylic acids is 4. The van der Waals surface area contributed by atoms with Crippen LogP contribution in [-0.2, 0) is 85.5 Å². The summed E-state index contributed by atoms with van der Waals surface area (Å²) in [5, 5.41) is 0. The maximum Gasteiger partial charge on any atom is 0.303 e. The van der Waals surface area contributed by atoms with Gasteiger partial charge in [-0.15, -0.1) is 32.9 Å². The van der Waals surface area contributed by atoms with Crippen LogP contribution in [0.5, 0.6) is 0 Å². The molecule has 0 aromatic rings. The van der Waals surface area contributed by atoms with E-state index in [4.69, 9.17) is 66.3 Å². The van der Waals surface area contributed by atoms with Crippen molar-refractivity contribution in [2.75, 3.05) is 114 Å². The lowest BCUT2D eigenvalue weighted by molar-refractivity contribution is -0.159. The van der Waals surface area contributed by atoms with Gasteiger partial charge in [0.25, 0.3) is 0 Å². The van der Waals surface area contributed by atoms with Gasteiger partial charge in [0.05, 0.1) is 90.6 Å². The van der Waals surface area contributed by atoms with Crippen LogP contribution in [0.2, 0.25) is 0 Å². The summed E-state index contributed by atoms with van der Waals surface area (Å²) in [5.74, 6) is -1.45. The first kappa shape index (κ1) is 74.3. The van der Waals surface area contributed by atoms with E-state index in [0.717, 1.165) is 12.8 Å². The van der Waals surface area contributed by atoms with Gasteiger partial charge < -0.3 is 66.3 Å². The highest BCUT2D eigenvalue weighted by molar-refractivity contribution is 5.67. The molecule has 0 amide bonds. The third-order valence-corrected chi connectivity index (χ3v) is 6.84. The number of ether oxygens (including phenoxy) is 14. The first-order chi connectivity index (χ1) is 31.9. The molecule has 0 bridgehead atoms. The summed E-state index contributed by atoms with van der Waals surface area (Å²) in [6, 6.07) is 0. The molecule has 5 unspecified atom stereocenters. The molecule has 0 aliphatic rings. The van der Waals surface area contributed by atoms with E-state index >= 15 is 0 Å². The zero-order valence-corrected chi connectivity index (χ0v) is 43.1. The van der Waals surface area contributed by atoms with Crippen LogP contribution in [0.4, 0.5) is 0 Å². The van der Waals surface area contributed by atoms with Crippen LogP contribution in [0.3, 0.4) is 0 Å². The van der Waals surface area contributed by atoms with Crippen LogP contribution in [-0.4, -0.2) is 175 Å². The minimum absolute atomic E-state index is 0.00278. The first-order valence-electron chi connectivity index (χ1n) is 21.8. The lowest BCUT2D eigenvalue weighted by Gasteiger charge is -2.16. The minimum Gasteiger partial charge on any atom is -0.499 e. The largest absolute Gasteiger partial charge is 0.499 e. The molecule has 0 aromatic carbocycles. The Balaban J connectivity index is -0.000000169. The summed E-state index contributed by atoms with van der Waals surface area (Å²) >= 11 is 0. The molecule has 0 rings (SSSR count). The Morgan fingerprint density at radius 3 is 1.07 bits per heavy atom. The average Bonchev–Trinajstić information content (AvgIpc) is 3.28. The van der Waals surface area contributed by atoms with Crippen LogP contribution < -0.4 is 0 Å². The monoisotopic (exact) mass is 967 g/mol. The quantitative estimate of drug-likeness (QED) is 0.0207. The smallest absolute Gasteiger partial charge is 0.303 e. The Kier molecular flexibility index (Phi) is 68.5. The second kappa shape index (κ2) is 61.8. The topological polar surface area (TPSA) is 197 Å². The molecule has 18 heteroatoms. The molecule has 0 heterocycles. The van der Waals surface area contributed by atoms with Crippen LogP contribution in [0.1, 0.15) is 68.2 Å². The number of carbonyl (C=O) groups is 4. The Labute approximate surface area is 403 Å². The second-order valence-corrected chi connectivity index (χ2v) is 13.4. The molecule has 0 fully saturated rings. The third-order valence-electron chi connectivity index (χ3n) is 6.84. The van der Waals surface area contributed by atoms with E-state index in [1.54, 1.807) is 58.8 Å². The van der Waals surface area contributed by atoms with Gasteiger partial charge in [0.1, 0.15) is 32.0 Å². The van der Waals surface area contributed by atoms with Gasteiger partial charge >= 0.3 is 23.9 Å². The van der Waals surface area contributed by atoms with E-state index in [1.807, 2.05) is 20.8 Å². The van der Waals surface area contributed by atoms with Crippen molar-refractivity contribution < 1.29 is 85.5 Å². The van der Waals surface area contributed by atoms with Crippen molar-refractivity contribution in [3.63, 3.8) is 0 Å². The predicted molar refractivity (Wildman–Crippen MR) is 261 cm³/mol. The molecule has 0 aliphatic heterocycles. The summed E-state index contributed by atoms with van der Waals surface area (Å²) in [7, 11) is 6.47. The van der Waals surface area contributed by atoms with E-state index in [2.05, 4.69) is 46.4 Å². The zero-order valence-electron chi connectivity index (χ0n) is 43.1. The number of hydrogen-bond donors (Lipinski definition) is 0. The molecule has 0 radical (unpaired) electrons. The number of hydrogen-bond acceptors (Lipinski definition) is 18. The number of methoxy groups -OCH3 is 4. The number of esters is 4. The van der Waals surface area contributed by atoms with E-state index in [1.165, 1.54) is 34.0 Å². The van der Waals surface area contributed by atoms with Gasteiger partial charge in [-0.05, 0) is 26.7 Å². The predicted octanol–water partition coefficient (Wildman–Crippen LogP) is 7.00. The molecule has 0 aromatic heterocycles. The van der Waals surface area contributed by atoms with Gasteiger partial charge in [-0.25, -0.2) is 0 Å². The molecule has 0 N–H and O–H groups in total. The van der Waals surface area contributed by atoms with E-state index < -0.39 is 18.0 Å². The Hall–Kier alpha value is -4.24. The average molecular weight is 967 g/mol. The molecule has 5 atom stereocenters. The van der Waals surface area contributed by atoms with Crippen molar-refractivity contribution in [1.82, 2.24) is 0 Å². The van der Waals surface area contributed by atoms with E-state index in [0.29, 0.717) is 78.8 Å². The summed E-state index contributed by atoms with van der Waals surface area (Å²) in [6.45, 7) is 39.9. The fourth-order valence-corrected chi connectivity index (χ4v) is 3.84. The molecule has 0 saturated heterocycles. The van der Waals surface area contributed by atoms with Crippen molar-refractivity contribution in [3.05, 3.63) is 76.1 Å². The molecule has 0 aliphatic carbocycles. The van der Waals surface area contributed by atoms with Gasteiger partial charge in [0, 0.05) is 56.1 Å². The maximum atomic E-state index is 10.7. The second-order valence-electron chi connectivity index (χ2n) is 13.4. The van der Waals surface area contributed by atoms with E-state index in [-0.39, 0.29) is 49.6 Å². The summed E-state index contributed by atoms with van der Waals surface area (Å²) in [4.78, 5) is 42.3. The van der Waals surface area contributed by atoms with Crippen molar-refractivity contribution >= 4 is 23.9 Å². The summed E-state index contributed by atoms with van der Waals surface area (Å²) in [6.07, 6.45) is 11.3. The van der Waals surface area contributed by atoms with Gasteiger partial charge in [-0.2, -0.15) is 0 Å². The van der Waals surface area contributed by atoms with Crippen LogP contribution in [0.15, 0.2) is 76.1 Å². The van der Waals surface area contributed by atoms with Gasteiger partial charge in [0.15, 0.2) is 6.10 Å². The van der Waals surface area contributed by atoms with Gasteiger partial charge in [-0.1, -0.05) is 50.8 Å². The van der Waals surface area contributed by atoms with Crippen molar-refractivity contribution in [3.8, 4) is 0 Å². The maximum absolute atomic E-state index is 10.7. The van der Waals surface area contributed by atoms with Gasteiger partial charge in [0.2, 0.25) is 0 Å². The fourth-order valence-electron chi connectivity index (χ4n) is 3.84. The van der Waals surface area contributed by atoms with Crippen LogP contribution in [0, 0.1) is 0 Å². The van der Waals surface area contributed by atoms with Gasteiger partial charge in [-0.3, -0.25) is 19.2 Å². The van der Waals surface area contributed by atoms with Crippen molar-refractivity contribution in [2.24, 2.45) is 0 Å². The molecule has 394 valence electrons.